The molecule has 12 heteroatoms. The number of likely N-dealkylation sites (tertiary alicyclic amines) is 1. The molecule has 1 saturated carbocycles. The van der Waals surface area contributed by atoms with Gasteiger partial charge in [0.25, 0.3) is 0 Å². The van der Waals surface area contributed by atoms with Crippen molar-refractivity contribution in [1.29, 1.82) is 0 Å². The number of esters is 1. The van der Waals surface area contributed by atoms with Crippen LogP contribution in [0.3, 0.4) is 0 Å². The number of aliphatic hydroxyl groups is 2. The van der Waals surface area contributed by atoms with Gasteiger partial charge in [0.05, 0.1) is 32.3 Å². The lowest BCUT2D eigenvalue weighted by molar-refractivity contribution is -0.151. The third-order valence-corrected chi connectivity index (χ3v) is 11.7. The molecule has 0 aromatic heterocycles. The van der Waals surface area contributed by atoms with E-state index in [0.717, 1.165) is 25.1 Å². The Balaban J connectivity index is 1.18. The van der Waals surface area contributed by atoms with Crippen molar-refractivity contribution in [3.8, 4) is 0 Å². The van der Waals surface area contributed by atoms with Gasteiger partial charge in [-0.1, -0.05) is 63.8 Å². The average Bonchev–Trinajstić information content (AvgIpc) is 3.41. The number of aliphatic hydroxyl groups excluding tert-OH is 1. The highest BCUT2D eigenvalue weighted by Crippen LogP contribution is 2.37. The highest BCUT2D eigenvalue weighted by molar-refractivity contribution is 5.70. The molecular formula is C40H63N3O9. The van der Waals surface area contributed by atoms with Crippen molar-refractivity contribution in [2.45, 2.75) is 122 Å². The lowest BCUT2D eigenvalue weighted by Crippen LogP contribution is -2.53. The van der Waals surface area contributed by atoms with E-state index in [4.69, 9.17) is 18.9 Å². The SMILES string of the molecule is C/C(=C\C=C\[C@@H](C)COC(=O)N1CCC2(COC2)C1)[C@H]1OC(=O)C[C@H](O)CC[C@@](C)(O)[C@@H](OC(=O)N2CCN(C3CCCCCC3)CC2)/C=C/[C@@H]1C. The molecule has 0 unspecified atom stereocenters. The zero-order chi connectivity index (χ0) is 37.3. The van der Waals surface area contributed by atoms with E-state index >= 15 is 0 Å². The molecule has 4 aliphatic heterocycles. The summed E-state index contributed by atoms with van der Waals surface area (Å²) >= 11 is 0. The Morgan fingerprint density at radius 2 is 1.71 bits per heavy atom. The van der Waals surface area contributed by atoms with Gasteiger partial charge in [0.15, 0.2) is 6.10 Å². The van der Waals surface area contributed by atoms with E-state index in [0.29, 0.717) is 45.4 Å². The van der Waals surface area contributed by atoms with E-state index in [2.05, 4.69) is 4.90 Å². The Morgan fingerprint density at radius 3 is 2.37 bits per heavy atom. The molecule has 3 saturated heterocycles. The van der Waals surface area contributed by atoms with Crippen molar-refractivity contribution in [1.82, 2.24) is 14.7 Å². The van der Waals surface area contributed by atoms with Crippen LogP contribution in [0.15, 0.2) is 36.0 Å². The second-order valence-electron chi connectivity index (χ2n) is 16.4. The minimum atomic E-state index is -1.47. The van der Waals surface area contributed by atoms with Gasteiger partial charge in [-0.2, -0.15) is 0 Å². The Kier molecular flexibility index (Phi) is 14.2. The maximum atomic E-state index is 13.5. The van der Waals surface area contributed by atoms with E-state index in [-0.39, 0.29) is 49.2 Å². The van der Waals surface area contributed by atoms with Gasteiger partial charge in [-0.3, -0.25) is 9.69 Å². The monoisotopic (exact) mass is 729 g/mol. The standard InChI is InChI=1S/C40H63N3O9/c1-29(25-50-37(46)43-19-18-40(26-43)27-49-28-40)10-9-11-30(2)36-31(3)14-15-34(39(4,48)17-16-33(44)24-35(45)52-36)51-38(47)42-22-20-41(21-23-42)32-12-7-5-6-8-13-32/h9-11,14-15,29,31-34,36,44,48H,5-8,12-13,16-28H2,1-4H3/b10-9+,15-14+,30-11+/t29-,31+,33-,34+,36-,39-/m1/s1. The summed E-state index contributed by atoms with van der Waals surface area (Å²) in [5.41, 5.74) is -0.585. The minimum Gasteiger partial charge on any atom is -0.457 e. The lowest BCUT2D eigenvalue weighted by atomic mass is 9.85. The van der Waals surface area contributed by atoms with Gasteiger partial charge in [-0.15, -0.1) is 0 Å². The summed E-state index contributed by atoms with van der Waals surface area (Å²) in [6, 6.07) is 0.586. The number of allylic oxidation sites excluding steroid dienone is 2. The van der Waals surface area contributed by atoms with Gasteiger partial charge in [0, 0.05) is 62.6 Å². The molecule has 0 aromatic rings. The van der Waals surface area contributed by atoms with Crippen molar-refractivity contribution in [3.63, 3.8) is 0 Å². The molecule has 4 fully saturated rings. The zero-order valence-electron chi connectivity index (χ0n) is 31.9. The van der Waals surface area contributed by atoms with Crippen LogP contribution in [0.4, 0.5) is 9.59 Å². The number of carbonyl (C=O) groups is 3. The number of hydrogen-bond donors (Lipinski definition) is 2. The van der Waals surface area contributed by atoms with Gasteiger partial charge in [-0.25, -0.2) is 9.59 Å². The van der Waals surface area contributed by atoms with Crippen LogP contribution in [0, 0.1) is 17.3 Å². The molecule has 6 atom stereocenters. The molecule has 1 aliphatic carbocycles. The molecule has 5 aliphatic rings. The quantitative estimate of drug-likeness (QED) is 0.118. The fraction of sp³-hybridized carbons (Fsp3) is 0.775. The van der Waals surface area contributed by atoms with E-state index < -0.39 is 36.0 Å². The number of rotatable bonds is 7. The third kappa shape index (κ3) is 11.1. The van der Waals surface area contributed by atoms with Gasteiger partial charge >= 0.3 is 18.2 Å². The van der Waals surface area contributed by atoms with Crippen LogP contribution in [0.5, 0.6) is 0 Å². The van der Waals surface area contributed by atoms with Crippen molar-refractivity contribution >= 4 is 18.2 Å². The number of carbonyl (C=O) groups excluding carboxylic acids is 3. The van der Waals surface area contributed by atoms with E-state index in [9.17, 15) is 24.6 Å². The van der Waals surface area contributed by atoms with Crippen LogP contribution in [0.1, 0.15) is 91.9 Å². The fourth-order valence-corrected chi connectivity index (χ4v) is 8.09. The summed E-state index contributed by atoms with van der Waals surface area (Å²) in [6.07, 6.45) is 14.4. The summed E-state index contributed by atoms with van der Waals surface area (Å²) in [7, 11) is 0. The molecule has 292 valence electrons. The van der Waals surface area contributed by atoms with Crippen LogP contribution < -0.4 is 0 Å². The van der Waals surface area contributed by atoms with Crippen molar-refractivity contribution in [2.75, 3.05) is 59.1 Å². The van der Waals surface area contributed by atoms with Gasteiger partial charge in [0.1, 0.15) is 11.7 Å². The molecule has 5 rings (SSSR count). The molecule has 0 bridgehead atoms. The maximum Gasteiger partial charge on any atom is 0.410 e. The molecule has 2 N–H and O–H groups in total. The second-order valence-corrected chi connectivity index (χ2v) is 16.4. The normalized spacial score (nSPS) is 32.7. The zero-order valence-corrected chi connectivity index (χ0v) is 31.9. The first-order valence-electron chi connectivity index (χ1n) is 19.7. The largest absolute Gasteiger partial charge is 0.457 e. The summed E-state index contributed by atoms with van der Waals surface area (Å²) in [4.78, 5) is 45.0. The van der Waals surface area contributed by atoms with Crippen LogP contribution in [0.25, 0.3) is 0 Å². The lowest BCUT2D eigenvalue weighted by Gasteiger charge is -2.40. The number of nitrogens with zero attached hydrogens (tertiary/aromatic N) is 3. The van der Waals surface area contributed by atoms with Crippen LogP contribution >= 0.6 is 0 Å². The van der Waals surface area contributed by atoms with Crippen molar-refractivity contribution in [3.05, 3.63) is 36.0 Å². The summed E-state index contributed by atoms with van der Waals surface area (Å²) in [5.74, 6) is -0.910. The molecule has 52 heavy (non-hydrogen) atoms. The van der Waals surface area contributed by atoms with Crippen molar-refractivity contribution in [2.24, 2.45) is 17.3 Å². The fourth-order valence-electron chi connectivity index (χ4n) is 8.09. The Hall–Kier alpha value is -2.93. The molecule has 2 amide bonds. The molecule has 4 heterocycles. The predicted octanol–water partition coefficient (Wildman–Crippen LogP) is 5.23. The van der Waals surface area contributed by atoms with E-state index in [1.165, 1.54) is 38.5 Å². The summed E-state index contributed by atoms with van der Waals surface area (Å²) in [5, 5.41) is 22.2. The smallest absolute Gasteiger partial charge is 0.410 e. The third-order valence-electron chi connectivity index (χ3n) is 11.7. The van der Waals surface area contributed by atoms with E-state index in [1.54, 1.807) is 22.8 Å². The van der Waals surface area contributed by atoms with Crippen LogP contribution in [-0.4, -0.2) is 132 Å². The number of amides is 2. The summed E-state index contributed by atoms with van der Waals surface area (Å²) in [6.45, 7) is 13.2. The number of piperazine rings is 1. The molecular weight excluding hydrogens is 666 g/mol. The van der Waals surface area contributed by atoms with Gasteiger partial charge in [0.2, 0.25) is 0 Å². The molecule has 0 radical (unpaired) electrons. The highest BCUT2D eigenvalue weighted by atomic mass is 16.6. The topological polar surface area (TPSA) is 138 Å². The first-order valence-corrected chi connectivity index (χ1v) is 19.7. The first-order chi connectivity index (χ1) is 24.8. The van der Waals surface area contributed by atoms with Gasteiger partial charge in [-0.05, 0) is 57.6 Å². The van der Waals surface area contributed by atoms with E-state index in [1.807, 2.05) is 45.1 Å². The maximum absolute atomic E-state index is 13.5. The van der Waals surface area contributed by atoms with Crippen molar-refractivity contribution < 1.29 is 43.5 Å². The highest BCUT2D eigenvalue weighted by Gasteiger charge is 2.46. The Bertz CT molecular complexity index is 1290. The van der Waals surface area contributed by atoms with Crippen LogP contribution in [-0.2, 0) is 23.7 Å². The number of cyclic esters (lactones) is 1. The first kappa shape index (κ1) is 40.3. The molecule has 12 nitrogen and oxygen atoms in total. The Labute approximate surface area is 310 Å². The minimum absolute atomic E-state index is 0.0413. The average molecular weight is 730 g/mol. The summed E-state index contributed by atoms with van der Waals surface area (Å²) < 4.78 is 22.8. The van der Waals surface area contributed by atoms with Crippen LogP contribution in [0.2, 0.25) is 0 Å². The predicted molar refractivity (Wildman–Crippen MR) is 196 cm³/mol. The Morgan fingerprint density at radius 1 is 1.00 bits per heavy atom. The number of ether oxygens (including phenoxy) is 4. The number of hydrogen-bond acceptors (Lipinski definition) is 10. The second kappa shape index (κ2) is 18.4. The van der Waals surface area contributed by atoms with Gasteiger partial charge < -0.3 is 39.0 Å². The molecule has 1 spiro atoms. The molecule has 0 aromatic carbocycles.